The van der Waals surface area contributed by atoms with Gasteiger partial charge in [0.1, 0.15) is 0 Å². The van der Waals surface area contributed by atoms with Crippen LogP contribution in [0.5, 0.6) is 0 Å². The molecule has 0 bridgehead atoms. The number of aromatic nitrogens is 2. The van der Waals surface area contributed by atoms with Crippen LogP contribution in [-0.4, -0.2) is 21.7 Å². The van der Waals surface area contributed by atoms with Gasteiger partial charge in [-0.05, 0) is 74.3 Å². The lowest BCUT2D eigenvalue weighted by Crippen LogP contribution is -2.38. The van der Waals surface area contributed by atoms with E-state index < -0.39 is 0 Å². The quantitative estimate of drug-likeness (QED) is 0.921. The summed E-state index contributed by atoms with van der Waals surface area (Å²) in [4.78, 5) is 12.4. The predicted molar refractivity (Wildman–Crippen MR) is 85.0 cm³/mol. The van der Waals surface area contributed by atoms with Crippen LogP contribution in [0.3, 0.4) is 0 Å². The van der Waals surface area contributed by atoms with Gasteiger partial charge in [-0.25, -0.2) is 4.68 Å². The van der Waals surface area contributed by atoms with Gasteiger partial charge in [-0.2, -0.15) is 5.10 Å². The summed E-state index contributed by atoms with van der Waals surface area (Å²) in [5.41, 5.74) is 2.84. The molecule has 114 valence electrons. The first kappa shape index (κ1) is 13.6. The molecule has 0 atom stereocenters. The SMILES string of the molecule is Cc1cnn(-c2ccc(C(=O)NC(C3CC3)C3CC3)cc2)c1. The van der Waals surface area contributed by atoms with E-state index in [1.807, 2.05) is 48.3 Å². The summed E-state index contributed by atoms with van der Waals surface area (Å²) in [5, 5.41) is 7.55. The van der Waals surface area contributed by atoms with E-state index in [1.54, 1.807) is 0 Å². The summed E-state index contributed by atoms with van der Waals surface area (Å²) in [5.74, 6) is 1.51. The molecule has 0 unspecified atom stereocenters. The van der Waals surface area contributed by atoms with Crippen LogP contribution in [-0.2, 0) is 0 Å². The predicted octanol–water partition coefficient (Wildman–Crippen LogP) is 3.10. The summed E-state index contributed by atoms with van der Waals surface area (Å²) in [6.07, 6.45) is 8.91. The molecule has 0 radical (unpaired) electrons. The minimum Gasteiger partial charge on any atom is -0.349 e. The molecule has 1 heterocycles. The number of nitrogens with zero attached hydrogens (tertiary/aromatic N) is 2. The van der Waals surface area contributed by atoms with Crippen LogP contribution in [0.4, 0.5) is 0 Å². The number of rotatable bonds is 5. The standard InChI is InChI=1S/C18H21N3O/c1-12-10-19-21(11-12)16-8-6-15(7-9-16)18(22)20-17(13-2-3-13)14-4-5-14/h6-11,13-14,17H,2-5H2,1H3,(H,20,22). The Morgan fingerprint density at radius 3 is 2.32 bits per heavy atom. The van der Waals surface area contributed by atoms with Gasteiger partial charge in [-0.1, -0.05) is 0 Å². The molecule has 4 rings (SSSR count). The average molecular weight is 295 g/mol. The molecule has 0 saturated heterocycles. The Morgan fingerprint density at radius 1 is 1.18 bits per heavy atom. The highest BCUT2D eigenvalue weighted by Gasteiger charge is 2.42. The second-order valence-electron chi connectivity index (χ2n) is 6.68. The van der Waals surface area contributed by atoms with Crippen LogP contribution in [0.25, 0.3) is 5.69 Å². The highest BCUT2D eigenvalue weighted by atomic mass is 16.1. The van der Waals surface area contributed by atoms with Crippen LogP contribution in [0.2, 0.25) is 0 Å². The minimum atomic E-state index is 0.0620. The molecule has 4 heteroatoms. The third-order valence-corrected chi connectivity index (χ3v) is 4.66. The second-order valence-corrected chi connectivity index (χ2v) is 6.68. The van der Waals surface area contributed by atoms with Gasteiger partial charge in [0.25, 0.3) is 5.91 Å². The van der Waals surface area contributed by atoms with E-state index in [9.17, 15) is 4.79 Å². The maximum absolute atomic E-state index is 12.4. The van der Waals surface area contributed by atoms with Crippen LogP contribution in [0.1, 0.15) is 41.6 Å². The zero-order valence-corrected chi connectivity index (χ0v) is 12.8. The second kappa shape index (κ2) is 5.27. The molecule has 1 aromatic heterocycles. The Kier molecular flexibility index (Phi) is 3.25. The number of carbonyl (C=O) groups is 1. The third-order valence-electron chi connectivity index (χ3n) is 4.66. The maximum atomic E-state index is 12.4. The summed E-state index contributed by atoms with van der Waals surface area (Å²) in [7, 11) is 0. The van der Waals surface area contributed by atoms with Gasteiger partial charge in [0.05, 0.1) is 11.9 Å². The first-order valence-electron chi connectivity index (χ1n) is 8.13. The molecule has 1 aromatic carbocycles. The maximum Gasteiger partial charge on any atom is 0.251 e. The number of hydrogen-bond donors (Lipinski definition) is 1. The Bertz CT molecular complexity index is 669. The van der Waals surface area contributed by atoms with Crippen molar-refractivity contribution >= 4 is 5.91 Å². The molecule has 2 fully saturated rings. The first-order valence-corrected chi connectivity index (χ1v) is 8.13. The topological polar surface area (TPSA) is 46.9 Å². The largest absolute Gasteiger partial charge is 0.349 e. The van der Waals surface area contributed by atoms with E-state index in [1.165, 1.54) is 25.7 Å². The summed E-state index contributed by atoms with van der Waals surface area (Å²) < 4.78 is 1.83. The summed E-state index contributed by atoms with van der Waals surface area (Å²) in [6, 6.07) is 8.08. The Morgan fingerprint density at radius 2 is 1.82 bits per heavy atom. The van der Waals surface area contributed by atoms with Crippen molar-refractivity contribution in [2.45, 2.75) is 38.6 Å². The number of carbonyl (C=O) groups excluding carboxylic acids is 1. The van der Waals surface area contributed by atoms with Crippen molar-refractivity contribution in [3.05, 3.63) is 47.8 Å². The molecule has 22 heavy (non-hydrogen) atoms. The van der Waals surface area contributed by atoms with Crippen LogP contribution in [0.15, 0.2) is 36.7 Å². The van der Waals surface area contributed by atoms with E-state index in [4.69, 9.17) is 0 Å². The molecular weight excluding hydrogens is 274 g/mol. The zero-order valence-electron chi connectivity index (χ0n) is 12.8. The van der Waals surface area contributed by atoms with Crippen molar-refractivity contribution in [3.63, 3.8) is 0 Å². The lowest BCUT2D eigenvalue weighted by Gasteiger charge is -2.17. The normalized spacial score (nSPS) is 17.7. The van der Waals surface area contributed by atoms with E-state index in [0.717, 1.165) is 28.7 Å². The van der Waals surface area contributed by atoms with Gasteiger partial charge in [0.15, 0.2) is 0 Å². The van der Waals surface area contributed by atoms with E-state index in [-0.39, 0.29) is 5.91 Å². The molecule has 2 aliphatic carbocycles. The van der Waals surface area contributed by atoms with Gasteiger partial charge in [0, 0.05) is 17.8 Å². The number of aryl methyl sites for hydroxylation is 1. The molecule has 0 spiro atoms. The molecule has 0 aliphatic heterocycles. The minimum absolute atomic E-state index is 0.0620. The summed E-state index contributed by atoms with van der Waals surface area (Å²) >= 11 is 0. The van der Waals surface area contributed by atoms with Gasteiger partial charge in [-0.15, -0.1) is 0 Å². The van der Waals surface area contributed by atoms with Gasteiger partial charge in [-0.3, -0.25) is 4.79 Å². The lowest BCUT2D eigenvalue weighted by molar-refractivity contribution is 0.0926. The van der Waals surface area contributed by atoms with Gasteiger partial charge < -0.3 is 5.32 Å². The lowest BCUT2D eigenvalue weighted by atomic mass is 10.1. The van der Waals surface area contributed by atoms with E-state index in [2.05, 4.69) is 10.4 Å². The highest BCUT2D eigenvalue weighted by molar-refractivity contribution is 5.94. The fourth-order valence-corrected chi connectivity index (χ4v) is 3.09. The molecule has 4 nitrogen and oxygen atoms in total. The Balaban J connectivity index is 1.46. The number of hydrogen-bond acceptors (Lipinski definition) is 2. The fraction of sp³-hybridized carbons (Fsp3) is 0.444. The zero-order chi connectivity index (χ0) is 15.1. The van der Waals surface area contributed by atoms with Crippen molar-refractivity contribution in [3.8, 4) is 5.69 Å². The Labute approximate surface area is 130 Å². The molecule has 2 aliphatic rings. The monoisotopic (exact) mass is 295 g/mol. The molecule has 1 N–H and O–H groups in total. The smallest absolute Gasteiger partial charge is 0.251 e. The number of amides is 1. The van der Waals surface area contributed by atoms with Crippen molar-refractivity contribution in [1.29, 1.82) is 0 Å². The van der Waals surface area contributed by atoms with Crippen LogP contribution in [0, 0.1) is 18.8 Å². The molecular formula is C18H21N3O. The molecule has 2 saturated carbocycles. The van der Waals surface area contributed by atoms with Crippen molar-refractivity contribution in [2.75, 3.05) is 0 Å². The Hall–Kier alpha value is -2.10. The molecule has 1 amide bonds. The van der Waals surface area contributed by atoms with Crippen molar-refractivity contribution in [1.82, 2.24) is 15.1 Å². The van der Waals surface area contributed by atoms with Crippen molar-refractivity contribution in [2.24, 2.45) is 11.8 Å². The van der Waals surface area contributed by atoms with E-state index >= 15 is 0 Å². The number of nitrogens with one attached hydrogen (secondary N) is 1. The third kappa shape index (κ3) is 2.78. The van der Waals surface area contributed by atoms with Crippen LogP contribution >= 0.6 is 0 Å². The van der Waals surface area contributed by atoms with E-state index in [0.29, 0.717) is 6.04 Å². The first-order chi connectivity index (χ1) is 10.7. The average Bonchev–Trinajstić information content (AvgIpc) is 3.44. The van der Waals surface area contributed by atoms with Crippen molar-refractivity contribution < 1.29 is 4.79 Å². The highest BCUT2D eigenvalue weighted by Crippen LogP contribution is 2.44. The fourth-order valence-electron chi connectivity index (χ4n) is 3.09. The summed E-state index contributed by atoms with van der Waals surface area (Å²) in [6.45, 7) is 2.02. The number of benzene rings is 1. The molecule has 2 aromatic rings. The van der Waals surface area contributed by atoms with Gasteiger partial charge >= 0.3 is 0 Å². The van der Waals surface area contributed by atoms with Crippen LogP contribution < -0.4 is 5.32 Å². The van der Waals surface area contributed by atoms with Gasteiger partial charge in [0.2, 0.25) is 0 Å².